The Morgan fingerprint density at radius 1 is 1.15 bits per heavy atom. The van der Waals surface area contributed by atoms with Crippen molar-refractivity contribution in [3.8, 4) is 5.75 Å². The minimum absolute atomic E-state index is 0.0215. The normalized spacial score (nSPS) is 20.2. The van der Waals surface area contributed by atoms with Crippen LogP contribution in [-0.2, 0) is 11.3 Å². The Labute approximate surface area is 218 Å². The smallest absolute Gasteiger partial charge is 0.259 e. The predicted octanol–water partition coefficient (Wildman–Crippen LogP) is 3.34. The van der Waals surface area contributed by atoms with Gasteiger partial charge in [0, 0.05) is 37.3 Å². The van der Waals surface area contributed by atoms with Crippen LogP contribution in [0.2, 0.25) is 0 Å². The number of likely N-dealkylation sites (tertiary alicyclic amines) is 1. The lowest BCUT2D eigenvalue weighted by molar-refractivity contribution is -0.123. The first-order chi connectivity index (χ1) is 16.1. The number of nitrogens with one attached hydrogen (secondary N) is 2. The van der Waals surface area contributed by atoms with Crippen LogP contribution < -0.4 is 20.9 Å². The van der Waals surface area contributed by atoms with Crippen molar-refractivity contribution < 1.29 is 9.53 Å². The summed E-state index contributed by atoms with van der Waals surface area (Å²) in [5.41, 5.74) is 1.94. The van der Waals surface area contributed by atoms with E-state index in [4.69, 9.17) is 51.8 Å². The maximum Gasteiger partial charge on any atom is 0.259 e. The molecule has 0 saturated carbocycles. The standard InChI is InChI=1S/C23H25Cl3N4O3S/c1-14-5-2-3-7-18(14)33-13-19(31)27-21(23(24,25)26)28-22(34)29-10-15-9-16(12-29)17-6-4-8-20(32)30(17)11-15/h2-8,15-16,21H,9-13H2,1H3,(H,27,31)(H,28,34)/t15-,16-,21-/m0/s1. The third-order valence-electron chi connectivity index (χ3n) is 6.12. The van der Waals surface area contributed by atoms with Crippen LogP contribution in [0, 0.1) is 12.8 Å². The van der Waals surface area contributed by atoms with E-state index in [-0.39, 0.29) is 24.0 Å². The molecule has 34 heavy (non-hydrogen) atoms. The topological polar surface area (TPSA) is 75.6 Å². The number of para-hydroxylation sites is 1. The van der Waals surface area contributed by atoms with Gasteiger partial charge in [0.15, 0.2) is 11.7 Å². The highest BCUT2D eigenvalue weighted by Crippen LogP contribution is 2.35. The summed E-state index contributed by atoms with van der Waals surface area (Å²) in [5.74, 6) is 0.586. The molecule has 3 atom stereocenters. The number of nitrogens with zero attached hydrogens (tertiary/aromatic N) is 2. The summed E-state index contributed by atoms with van der Waals surface area (Å²) in [5, 5.41) is 6.03. The molecule has 0 spiro atoms. The molecule has 4 rings (SSSR count). The van der Waals surface area contributed by atoms with E-state index in [1.54, 1.807) is 18.2 Å². The average Bonchev–Trinajstić information content (AvgIpc) is 2.78. The number of amides is 1. The van der Waals surface area contributed by atoms with Gasteiger partial charge in [-0.15, -0.1) is 0 Å². The molecule has 7 nitrogen and oxygen atoms in total. The summed E-state index contributed by atoms with van der Waals surface area (Å²) in [6.07, 6.45) is -0.0710. The van der Waals surface area contributed by atoms with E-state index in [1.165, 1.54) is 0 Å². The third-order valence-corrected chi connectivity index (χ3v) is 7.15. The van der Waals surface area contributed by atoms with Crippen molar-refractivity contribution in [1.29, 1.82) is 0 Å². The number of hydrogen-bond acceptors (Lipinski definition) is 4. The van der Waals surface area contributed by atoms with Crippen LogP contribution in [-0.4, -0.2) is 50.1 Å². The van der Waals surface area contributed by atoms with Crippen LogP contribution in [0.5, 0.6) is 5.75 Å². The van der Waals surface area contributed by atoms with E-state index in [0.29, 0.717) is 30.5 Å². The van der Waals surface area contributed by atoms with Crippen LogP contribution >= 0.6 is 47.0 Å². The number of carbonyl (C=O) groups is 1. The highest BCUT2D eigenvalue weighted by molar-refractivity contribution is 7.80. The Morgan fingerprint density at radius 3 is 2.65 bits per heavy atom. The molecule has 2 aliphatic rings. The Balaban J connectivity index is 1.39. The van der Waals surface area contributed by atoms with Crippen LogP contribution in [0.25, 0.3) is 0 Å². The molecule has 2 aliphatic heterocycles. The molecule has 1 aromatic heterocycles. The van der Waals surface area contributed by atoms with E-state index in [0.717, 1.165) is 17.7 Å². The van der Waals surface area contributed by atoms with E-state index in [2.05, 4.69) is 10.6 Å². The molecule has 3 heterocycles. The van der Waals surface area contributed by atoms with E-state index < -0.39 is 15.9 Å². The molecule has 0 unspecified atom stereocenters. The second kappa shape index (κ2) is 10.3. The summed E-state index contributed by atoms with van der Waals surface area (Å²) >= 11 is 24.1. The minimum atomic E-state index is -1.85. The molecule has 1 saturated heterocycles. The van der Waals surface area contributed by atoms with Gasteiger partial charge >= 0.3 is 0 Å². The Morgan fingerprint density at radius 2 is 1.91 bits per heavy atom. The van der Waals surface area contributed by atoms with Crippen LogP contribution in [0.1, 0.15) is 23.6 Å². The molecule has 1 aromatic carbocycles. The lowest BCUT2D eigenvalue weighted by Crippen LogP contribution is -2.60. The summed E-state index contributed by atoms with van der Waals surface area (Å²) in [4.78, 5) is 26.8. The number of pyridine rings is 1. The SMILES string of the molecule is Cc1ccccc1OCC(=O)N[C@@H](NC(=S)N1C[C@@H]2C[C@@H](C1)c1cccc(=O)n1C2)C(Cl)(Cl)Cl. The van der Waals surface area contributed by atoms with Gasteiger partial charge in [-0.3, -0.25) is 9.59 Å². The number of aromatic nitrogens is 1. The number of alkyl halides is 3. The molecule has 11 heteroatoms. The molecule has 1 amide bonds. The van der Waals surface area contributed by atoms with Gasteiger partial charge in [0.05, 0.1) is 0 Å². The van der Waals surface area contributed by atoms with Crippen LogP contribution in [0.15, 0.2) is 47.3 Å². The number of rotatable bonds is 5. The molecule has 2 N–H and O–H groups in total. The van der Waals surface area contributed by atoms with Crippen molar-refractivity contribution in [3.63, 3.8) is 0 Å². The highest BCUT2D eigenvalue weighted by atomic mass is 35.6. The van der Waals surface area contributed by atoms with E-state index in [1.807, 2.05) is 40.7 Å². The predicted molar refractivity (Wildman–Crippen MR) is 138 cm³/mol. The maximum absolute atomic E-state index is 12.5. The van der Waals surface area contributed by atoms with Crippen molar-refractivity contribution in [1.82, 2.24) is 20.1 Å². The van der Waals surface area contributed by atoms with E-state index in [9.17, 15) is 9.59 Å². The van der Waals surface area contributed by atoms with Gasteiger partial charge in [-0.05, 0) is 49.2 Å². The number of aryl methyl sites for hydroxylation is 1. The molecular formula is C23H25Cl3N4O3S. The number of thiocarbonyl (C=S) groups is 1. The summed E-state index contributed by atoms with van der Waals surface area (Å²) in [6.45, 7) is 3.59. The quantitative estimate of drug-likeness (QED) is 0.342. The van der Waals surface area contributed by atoms with Gasteiger partial charge in [0.2, 0.25) is 3.79 Å². The number of ether oxygens (including phenoxy) is 1. The van der Waals surface area contributed by atoms with Crippen molar-refractivity contribution in [2.75, 3.05) is 19.7 Å². The van der Waals surface area contributed by atoms with Gasteiger partial charge in [0.25, 0.3) is 11.5 Å². The number of benzene rings is 1. The van der Waals surface area contributed by atoms with Crippen molar-refractivity contribution in [2.24, 2.45) is 5.92 Å². The lowest BCUT2D eigenvalue weighted by Gasteiger charge is -2.44. The zero-order valence-electron chi connectivity index (χ0n) is 18.5. The summed E-state index contributed by atoms with van der Waals surface area (Å²) in [7, 11) is 0. The zero-order valence-corrected chi connectivity index (χ0v) is 21.6. The highest BCUT2D eigenvalue weighted by Gasteiger charge is 2.38. The number of fused-ring (bicyclic) bond motifs is 4. The summed E-state index contributed by atoms with van der Waals surface area (Å²) in [6, 6.07) is 12.7. The van der Waals surface area contributed by atoms with Gasteiger partial charge in [-0.1, -0.05) is 59.1 Å². The van der Waals surface area contributed by atoms with Crippen LogP contribution in [0.4, 0.5) is 0 Å². The first-order valence-electron chi connectivity index (χ1n) is 10.9. The number of piperidine rings is 1. The number of carbonyl (C=O) groups excluding carboxylic acids is 1. The first-order valence-corrected chi connectivity index (χ1v) is 12.5. The fourth-order valence-electron chi connectivity index (χ4n) is 4.54. The fourth-order valence-corrected chi connectivity index (χ4v) is 5.14. The third kappa shape index (κ3) is 5.79. The van der Waals surface area contributed by atoms with Gasteiger partial charge in [-0.2, -0.15) is 0 Å². The fraction of sp³-hybridized carbons (Fsp3) is 0.435. The largest absolute Gasteiger partial charge is 0.484 e. The minimum Gasteiger partial charge on any atom is -0.484 e. The molecule has 0 radical (unpaired) electrons. The molecular weight excluding hydrogens is 519 g/mol. The molecule has 0 aliphatic carbocycles. The molecule has 182 valence electrons. The Kier molecular flexibility index (Phi) is 7.62. The monoisotopic (exact) mass is 542 g/mol. The molecule has 2 bridgehead atoms. The van der Waals surface area contributed by atoms with Crippen LogP contribution in [0.3, 0.4) is 0 Å². The first kappa shape index (κ1) is 25.1. The van der Waals surface area contributed by atoms with Crippen molar-refractivity contribution in [3.05, 3.63) is 64.1 Å². The lowest BCUT2D eigenvalue weighted by atomic mass is 9.83. The summed E-state index contributed by atoms with van der Waals surface area (Å²) < 4.78 is 5.59. The number of hydrogen-bond donors (Lipinski definition) is 2. The second-order valence-electron chi connectivity index (χ2n) is 8.65. The molecule has 2 aromatic rings. The van der Waals surface area contributed by atoms with E-state index >= 15 is 0 Å². The Hall–Kier alpha value is -2.00. The van der Waals surface area contributed by atoms with Gasteiger partial charge in [-0.25, -0.2) is 0 Å². The maximum atomic E-state index is 12.5. The second-order valence-corrected chi connectivity index (χ2v) is 11.4. The van der Waals surface area contributed by atoms with Gasteiger partial charge < -0.3 is 24.8 Å². The zero-order chi connectivity index (χ0) is 24.5. The van der Waals surface area contributed by atoms with Crippen molar-refractivity contribution >= 4 is 58.0 Å². The number of halogens is 3. The Bertz CT molecular complexity index is 1140. The van der Waals surface area contributed by atoms with Crippen molar-refractivity contribution in [2.45, 2.75) is 35.8 Å². The molecule has 1 fully saturated rings. The van der Waals surface area contributed by atoms with Gasteiger partial charge in [0.1, 0.15) is 11.9 Å². The average molecular weight is 544 g/mol.